The van der Waals surface area contributed by atoms with E-state index in [4.69, 9.17) is 39.4 Å². The van der Waals surface area contributed by atoms with Gasteiger partial charge in [-0.25, -0.2) is 39.7 Å². The van der Waals surface area contributed by atoms with Crippen molar-refractivity contribution in [1.82, 2.24) is 56.2 Å². The zero-order valence-electron chi connectivity index (χ0n) is 44.4. The number of pyridine rings is 1. The highest BCUT2D eigenvalue weighted by Crippen LogP contribution is 2.41. The first-order chi connectivity index (χ1) is 38.2. The summed E-state index contributed by atoms with van der Waals surface area (Å²) >= 11 is 7.34. The smallest absolute Gasteiger partial charge is 0.413 e. The van der Waals surface area contributed by atoms with Gasteiger partial charge in [0.1, 0.15) is 82.8 Å². The summed E-state index contributed by atoms with van der Waals surface area (Å²) in [4.78, 5) is 117. The summed E-state index contributed by atoms with van der Waals surface area (Å²) in [5, 5.41) is 35.1. The highest BCUT2D eigenvalue weighted by molar-refractivity contribution is 7.15. The average Bonchev–Trinajstić information content (AvgIpc) is 4.34. The number of thiazole rings is 6. The third kappa shape index (κ3) is 13.4. The molecule has 0 saturated heterocycles. The summed E-state index contributed by atoms with van der Waals surface area (Å²) in [6.45, 7) is 10.5. The molecule has 5 amide bonds. The van der Waals surface area contributed by atoms with E-state index in [1.165, 1.54) is 82.2 Å². The van der Waals surface area contributed by atoms with Gasteiger partial charge in [0, 0.05) is 58.5 Å². The number of aliphatic hydroxyl groups excluding tert-OH is 1. The van der Waals surface area contributed by atoms with Gasteiger partial charge < -0.3 is 35.8 Å². The molecule has 1 aliphatic heterocycles. The number of nitrogens with zero attached hydrogens (tertiary/aromatic N) is 7. The molecule has 0 unspecified atom stereocenters. The second-order valence-corrected chi connectivity index (χ2v) is 25.4. The van der Waals surface area contributed by atoms with Gasteiger partial charge in [-0.15, -0.1) is 68.0 Å². The van der Waals surface area contributed by atoms with E-state index in [1.54, 1.807) is 85.6 Å². The Morgan fingerprint density at radius 1 is 0.750 bits per heavy atom. The number of rotatable bonds is 9. The Morgan fingerprint density at radius 2 is 1.45 bits per heavy atom. The van der Waals surface area contributed by atoms with Crippen LogP contribution >= 0.6 is 68.0 Å². The van der Waals surface area contributed by atoms with Gasteiger partial charge in [0.15, 0.2) is 5.78 Å². The summed E-state index contributed by atoms with van der Waals surface area (Å²) in [7, 11) is 2.97. The van der Waals surface area contributed by atoms with Crippen LogP contribution in [0.5, 0.6) is 0 Å². The number of ketones is 1. The van der Waals surface area contributed by atoms with Crippen molar-refractivity contribution >= 4 is 109 Å². The lowest BCUT2D eigenvalue weighted by Crippen LogP contribution is -2.40. The molecule has 8 aromatic rings. The lowest BCUT2D eigenvalue weighted by molar-refractivity contribution is -0.122. The van der Waals surface area contributed by atoms with Crippen LogP contribution < -0.4 is 26.6 Å². The Bertz CT molecular complexity index is 3600. The van der Waals surface area contributed by atoms with Crippen molar-refractivity contribution in [2.75, 3.05) is 26.0 Å². The number of Topliss-reactive ketones (excluding diaryl/α,β-unsaturated/α-hetero) is 1. The largest absolute Gasteiger partial charge is 0.444 e. The molecule has 0 saturated carbocycles. The van der Waals surface area contributed by atoms with Crippen molar-refractivity contribution in [3.8, 4) is 43.4 Å². The fraction of sp³-hybridized carbons (Fsp3) is 0.340. The number of benzene rings is 1. The van der Waals surface area contributed by atoms with Gasteiger partial charge in [0.2, 0.25) is 11.8 Å². The maximum atomic E-state index is 14.3. The predicted octanol–water partition coefficient (Wildman–Crippen LogP) is 9.54. The monoisotopic (exact) mass is 1190 g/mol. The minimum atomic E-state index is -1.26. The second-order valence-electron chi connectivity index (χ2n) is 19.6. The van der Waals surface area contributed by atoms with E-state index in [0.717, 1.165) is 0 Å². The van der Waals surface area contributed by atoms with Crippen LogP contribution in [-0.4, -0.2) is 102 Å². The third-order valence-corrected chi connectivity index (χ3v) is 18.0. The predicted molar refractivity (Wildman–Crippen MR) is 308 cm³/mol. The Labute approximate surface area is 483 Å². The summed E-state index contributed by atoms with van der Waals surface area (Å²) < 4.78 is 10.9. The number of amides is 5. The average molecular weight is 1200 g/mol. The van der Waals surface area contributed by atoms with E-state index in [1.807, 2.05) is 19.9 Å². The van der Waals surface area contributed by atoms with E-state index in [-0.39, 0.29) is 60.0 Å². The number of anilines is 1. The molecule has 21 nitrogen and oxygen atoms in total. The zero-order valence-corrected chi connectivity index (χ0v) is 49.3. The molecule has 0 radical (unpaired) electrons. The van der Waals surface area contributed by atoms with Crippen LogP contribution in [0.3, 0.4) is 0 Å². The Hall–Kier alpha value is -7.11. The minimum absolute atomic E-state index is 0.0289. The van der Waals surface area contributed by atoms with E-state index in [9.17, 15) is 33.9 Å². The van der Waals surface area contributed by atoms with Gasteiger partial charge in [0.05, 0.1) is 41.2 Å². The maximum absolute atomic E-state index is 14.3. The first-order valence-electron chi connectivity index (χ1n) is 24.9. The molecule has 7 aromatic heterocycles. The number of hydrogen-bond donors (Lipinski definition) is 6. The molecule has 10 bridgehead atoms. The van der Waals surface area contributed by atoms with Crippen LogP contribution in [0.25, 0.3) is 43.4 Å². The highest BCUT2D eigenvalue weighted by Gasteiger charge is 2.33. The number of fused-ring (bicyclic) bond motifs is 14. The molecular weight excluding hydrogens is 1140 g/mol. The van der Waals surface area contributed by atoms with E-state index in [2.05, 4.69) is 31.6 Å². The van der Waals surface area contributed by atoms with Gasteiger partial charge in [-0.2, -0.15) is 0 Å². The normalized spacial score (nSPS) is 16.8. The van der Waals surface area contributed by atoms with E-state index < -0.39 is 60.1 Å². The number of aryl methyl sites for hydroxylation is 1. The third-order valence-electron chi connectivity index (χ3n) is 12.2. The number of aromatic nitrogens is 7. The molecule has 27 heteroatoms. The molecule has 6 N–H and O–H groups in total. The van der Waals surface area contributed by atoms with Gasteiger partial charge >= 0.3 is 6.09 Å². The summed E-state index contributed by atoms with van der Waals surface area (Å²) in [5.41, 5.74) is 2.26. The molecule has 80 heavy (non-hydrogen) atoms. The molecule has 9 rings (SSSR count). The van der Waals surface area contributed by atoms with Crippen molar-refractivity contribution in [3.63, 3.8) is 0 Å². The molecule has 416 valence electrons. The number of hydrogen-bond acceptors (Lipinski definition) is 22. The van der Waals surface area contributed by atoms with E-state index >= 15 is 0 Å². The molecule has 0 fully saturated rings. The van der Waals surface area contributed by atoms with Crippen LogP contribution in [-0.2, 0) is 25.7 Å². The van der Waals surface area contributed by atoms with Crippen molar-refractivity contribution in [2.24, 2.45) is 5.92 Å². The van der Waals surface area contributed by atoms with Gasteiger partial charge in [0.25, 0.3) is 11.8 Å². The summed E-state index contributed by atoms with van der Waals surface area (Å²) in [5.74, 6) is -2.86. The Kier molecular flexibility index (Phi) is 17.8. The number of aliphatic hydroxyl groups is 1. The van der Waals surface area contributed by atoms with Gasteiger partial charge in [-0.05, 0) is 51.3 Å². The quantitative estimate of drug-likeness (QED) is 0.0784. The highest BCUT2D eigenvalue weighted by atomic mass is 32.1. The molecule has 0 spiro atoms. The molecule has 0 aliphatic carbocycles. The van der Waals surface area contributed by atoms with Crippen LogP contribution in [0.4, 0.5) is 10.6 Å². The Balaban J connectivity index is 1.13. The van der Waals surface area contributed by atoms with Crippen molar-refractivity contribution < 1.29 is 43.3 Å². The molecule has 1 aromatic carbocycles. The zero-order chi connectivity index (χ0) is 57.0. The molecule has 1 aliphatic rings. The fourth-order valence-corrected chi connectivity index (χ4v) is 13.9. The van der Waals surface area contributed by atoms with Gasteiger partial charge in [-0.1, -0.05) is 44.2 Å². The lowest BCUT2D eigenvalue weighted by atomic mass is 9.90. The Morgan fingerprint density at radius 3 is 2.19 bits per heavy atom. The van der Waals surface area contributed by atoms with Crippen LogP contribution in [0.1, 0.15) is 133 Å². The van der Waals surface area contributed by atoms with Crippen molar-refractivity contribution in [2.45, 2.75) is 90.7 Å². The van der Waals surface area contributed by atoms with Crippen molar-refractivity contribution in [3.05, 3.63) is 111 Å². The first kappa shape index (κ1) is 57.6. The number of ether oxygens (including phenoxy) is 2. The molecule has 8 heterocycles. The maximum Gasteiger partial charge on any atom is 0.413 e. The van der Waals surface area contributed by atoms with Crippen LogP contribution in [0.15, 0.2) is 64.0 Å². The van der Waals surface area contributed by atoms with Crippen LogP contribution in [0, 0.1) is 12.8 Å². The number of nitrogens with one attached hydrogen (secondary N) is 5. The SMILES string of the molecule is CNC(=O)C[C@@H]1NC(=O)c2csc(n2)-c2ccc(-c3nc(NC(=O)OC(C)(C)C)cs3)nc2-c2csc(n2)-c2csc(n2)[C@H]([C@@H](O)c2ccccc2)NC(=O)CNC(=O)c2nc(sc2COC)[C@@H](C(C)C)CC(=O)c2nc1sc2C. The number of methoxy groups -OCH3 is 1. The minimum Gasteiger partial charge on any atom is -0.444 e. The van der Waals surface area contributed by atoms with Gasteiger partial charge in [-0.3, -0.25) is 29.3 Å². The summed E-state index contributed by atoms with van der Waals surface area (Å²) in [6, 6.07) is 10.3. The second kappa shape index (κ2) is 24.7. The van der Waals surface area contributed by atoms with E-state index in [0.29, 0.717) is 73.7 Å². The van der Waals surface area contributed by atoms with Crippen molar-refractivity contribution in [1.29, 1.82) is 0 Å². The number of carbonyl (C=O) groups excluding carboxylic acids is 6. The summed E-state index contributed by atoms with van der Waals surface area (Å²) in [6.07, 6.45) is -2.15. The van der Waals surface area contributed by atoms with Crippen LogP contribution in [0.2, 0.25) is 0 Å². The fourth-order valence-electron chi connectivity index (χ4n) is 8.30. The standard InChI is InChI=1S/C53H54N12O9S6/c1-24(2)28-16-34(66)39-25(3)79-50(64-39)30(17-37(67)54-7)57-44(70)32-21-75-46(59-32)27-14-15-29(48-61-36(23-78-48)62-52(72)74-53(4,5)6)56-40(27)31-20-76-49(58-31)33-22-77-51(60-33)42(43(69)26-12-10-9-11-13-26)63-38(68)18-55-45(71)41-35(19-73-8)80-47(28)65-41/h9-15,20-24,28,30,42-43,69H,16-19H2,1-8H3,(H,54,67)(H,55,71)(H,57,70)(H,62,72)(H,63,68)/t28-,30+,42+,43+/m1/s1. The lowest BCUT2D eigenvalue weighted by Gasteiger charge is -2.23. The number of carbonyl (C=O) groups is 6. The molecular formula is C53H54N12O9S6. The topological polar surface area (TPSA) is 291 Å². The first-order valence-corrected chi connectivity index (χ1v) is 30.1. The molecule has 4 atom stereocenters.